The maximum absolute atomic E-state index is 11.9. The lowest BCUT2D eigenvalue weighted by Gasteiger charge is -2.15. The van der Waals surface area contributed by atoms with Crippen LogP contribution >= 0.6 is 11.6 Å². The Morgan fingerprint density at radius 1 is 1.20 bits per heavy atom. The molecule has 1 aliphatic carbocycles. The van der Waals surface area contributed by atoms with E-state index in [2.05, 4.69) is 16.7 Å². The van der Waals surface area contributed by atoms with E-state index in [1.165, 1.54) is 18.4 Å². The second-order valence-corrected chi connectivity index (χ2v) is 7.04. The van der Waals surface area contributed by atoms with E-state index in [1.54, 1.807) is 0 Å². The first-order chi connectivity index (χ1) is 12.0. The van der Waals surface area contributed by atoms with Crippen molar-refractivity contribution in [3.63, 3.8) is 0 Å². The largest absolute Gasteiger partial charge is 0.337 e. The van der Waals surface area contributed by atoms with Crippen molar-refractivity contribution < 1.29 is 14.5 Å². The summed E-state index contributed by atoms with van der Waals surface area (Å²) in [6.07, 6.45) is 7.90. The van der Waals surface area contributed by atoms with E-state index in [9.17, 15) is 9.59 Å². The number of rotatable bonds is 7. The summed E-state index contributed by atoms with van der Waals surface area (Å²) in [5, 5.41) is 5.84. The summed E-state index contributed by atoms with van der Waals surface area (Å²) in [5.74, 6) is -0.277. The molecule has 6 heteroatoms. The van der Waals surface area contributed by atoms with Crippen LogP contribution in [0.1, 0.15) is 37.7 Å². The molecule has 5 nitrogen and oxygen atoms in total. The van der Waals surface area contributed by atoms with Crippen LogP contribution in [0.3, 0.4) is 0 Å². The number of urea groups is 1. The summed E-state index contributed by atoms with van der Waals surface area (Å²) in [7, 11) is 1.92. The quantitative estimate of drug-likeness (QED) is 0.648. The number of amides is 3. The van der Waals surface area contributed by atoms with Crippen molar-refractivity contribution in [3.8, 4) is 0 Å². The second-order valence-electron chi connectivity index (χ2n) is 6.60. The van der Waals surface area contributed by atoms with Gasteiger partial charge < -0.3 is 10.2 Å². The van der Waals surface area contributed by atoms with Crippen molar-refractivity contribution in [2.24, 2.45) is 0 Å². The fourth-order valence-corrected chi connectivity index (χ4v) is 3.10. The molecule has 1 aromatic carbocycles. The molecular weight excluding hydrogens is 338 g/mol. The van der Waals surface area contributed by atoms with Gasteiger partial charge in [0.25, 0.3) is 5.91 Å². The molecule has 1 aliphatic rings. The van der Waals surface area contributed by atoms with E-state index in [1.807, 2.05) is 31.3 Å². The van der Waals surface area contributed by atoms with Crippen molar-refractivity contribution in [2.75, 3.05) is 20.1 Å². The van der Waals surface area contributed by atoms with E-state index in [0.717, 1.165) is 29.7 Å². The van der Waals surface area contributed by atoms with Crippen molar-refractivity contribution in [3.05, 3.63) is 46.5 Å². The van der Waals surface area contributed by atoms with E-state index in [0.29, 0.717) is 18.1 Å². The molecule has 0 saturated heterocycles. The lowest BCUT2D eigenvalue weighted by Crippen LogP contribution is -3.09. The van der Waals surface area contributed by atoms with Crippen LogP contribution < -0.4 is 15.5 Å². The highest BCUT2D eigenvalue weighted by atomic mass is 35.5. The van der Waals surface area contributed by atoms with Crippen LogP contribution in [0.4, 0.5) is 4.79 Å². The third-order valence-electron chi connectivity index (χ3n) is 4.25. The monoisotopic (exact) mass is 364 g/mol. The number of hydrogen-bond acceptors (Lipinski definition) is 2. The molecule has 0 aromatic heterocycles. The zero-order valence-corrected chi connectivity index (χ0v) is 15.5. The van der Waals surface area contributed by atoms with Gasteiger partial charge in [0.05, 0.1) is 7.05 Å². The van der Waals surface area contributed by atoms with Crippen LogP contribution in [0.5, 0.6) is 0 Å². The number of halogens is 1. The van der Waals surface area contributed by atoms with Crippen LogP contribution in [0.25, 0.3) is 0 Å². The first kappa shape index (κ1) is 19.5. The standard InChI is InChI=1S/C19H26ClN3O2/c1-23(13-16-7-9-17(20)10-8-16)14-18(24)22-19(25)21-12-11-15-5-3-2-4-6-15/h5,7-10H,2-4,6,11-14H2,1H3,(H2,21,22,24,25)/p+1. The molecule has 25 heavy (non-hydrogen) atoms. The first-order valence-corrected chi connectivity index (χ1v) is 9.22. The van der Waals surface area contributed by atoms with Crippen LogP contribution in [-0.4, -0.2) is 32.1 Å². The highest BCUT2D eigenvalue weighted by Crippen LogP contribution is 2.19. The summed E-state index contributed by atoms with van der Waals surface area (Å²) < 4.78 is 0. The minimum Gasteiger partial charge on any atom is -0.337 e. The van der Waals surface area contributed by atoms with Gasteiger partial charge in [-0.1, -0.05) is 35.4 Å². The van der Waals surface area contributed by atoms with Crippen molar-refractivity contribution in [2.45, 2.75) is 38.6 Å². The molecule has 0 fully saturated rings. The molecule has 0 bridgehead atoms. The predicted molar refractivity (Wildman–Crippen MR) is 99.6 cm³/mol. The van der Waals surface area contributed by atoms with E-state index in [-0.39, 0.29) is 12.5 Å². The Morgan fingerprint density at radius 2 is 1.96 bits per heavy atom. The number of hydrogen-bond donors (Lipinski definition) is 3. The van der Waals surface area contributed by atoms with Gasteiger partial charge in [-0.25, -0.2) is 4.79 Å². The highest BCUT2D eigenvalue weighted by molar-refractivity contribution is 6.30. The highest BCUT2D eigenvalue weighted by Gasteiger charge is 2.13. The van der Waals surface area contributed by atoms with Gasteiger partial charge in [-0.05, 0) is 44.2 Å². The van der Waals surface area contributed by atoms with Crippen LogP contribution in [0.15, 0.2) is 35.9 Å². The Kier molecular flexibility index (Phi) is 7.95. The fraction of sp³-hybridized carbons (Fsp3) is 0.474. The Hall–Kier alpha value is -1.85. The lowest BCUT2D eigenvalue weighted by molar-refractivity contribution is -0.885. The second kappa shape index (κ2) is 10.2. The lowest BCUT2D eigenvalue weighted by atomic mass is 9.97. The number of allylic oxidation sites excluding steroid dienone is 1. The Morgan fingerprint density at radius 3 is 2.64 bits per heavy atom. The average Bonchev–Trinajstić information content (AvgIpc) is 2.57. The number of likely N-dealkylation sites (N-methyl/N-ethyl adjacent to an activating group) is 1. The molecule has 0 aliphatic heterocycles. The first-order valence-electron chi connectivity index (χ1n) is 8.84. The minimum atomic E-state index is -0.416. The van der Waals surface area contributed by atoms with Gasteiger partial charge in [0.1, 0.15) is 6.54 Å². The van der Waals surface area contributed by atoms with Crippen molar-refractivity contribution in [1.82, 2.24) is 10.6 Å². The number of carbonyl (C=O) groups is 2. The molecule has 0 spiro atoms. The average molecular weight is 365 g/mol. The predicted octanol–water partition coefficient (Wildman–Crippen LogP) is 2.07. The van der Waals surface area contributed by atoms with Crippen LogP contribution in [0, 0.1) is 0 Å². The van der Waals surface area contributed by atoms with Gasteiger partial charge in [-0.2, -0.15) is 0 Å². The summed E-state index contributed by atoms with van der Waals surface area (Å²) in [6, 6.07) is 7.13. The zero-order chi connectivity index (χ0) is 18.1. The molecule has 0 heterocycles. The number of imide groups is 1. The number of nitrogens with one attached hydrogen (secondary N) is 3. The smallest absolute Gasteiger partial charge is 0.321 e. The molecule has 2 rings (SSSR count). The maximum Gasteiger partial charge on any atom is 0.321 e. The Balaban J connectivity index is 1.63. The fourth-order valence-electron chi connectivity index (χ4n) is 2.97. The number of benzene rings is 1. The van der Waals surface area contributed by atoms with Gasteiger partial charge in [0, 0.05) is 17.1 Å². The third-order valence-corrected chi connectivity index (χ3v) is 4.50. The van der Waals surface area contributed by atoms with E-state index >= 15 is 0 Å². The Labute approximate surface area is 154 Å². The van der Waals surface area contributed by atoms with Crippen LogP contribution in [-0.2, 0) is 11.3 Å². The van der Waals surface area contributed by atoms with E-state index in [4.69, 9.17) is 11.6 Å². The zero-order valence-electron chi connectivity index (χ0n) is 14.7. The minimum absolute atomic E-state index is 0.237. The molecule has 1 unspecified atom stereocenters. The summed E-state index contributed by atoms with van der Waals surface area (Å²) in [4.78, 5) is 24.7. The molecule has 3 amide bonds. The van der Waals surface area contributed by atoms with Gasteiger partial charge in [-0.3, -0.25) is 10.1 Å². The normalized spacial score (nSPS) is 15.2. The van der Waals surface area contributed by atoms with Crippen molar-refractivity contribution in [1.29, 1.82) is 0 Å². The number of quaternary nitrogens is 1. The maximum atomic E-state index is 11.9. The number of carbonyl (C=O) groups excluding carboxylic acids is 2. The summed E-state index contributed by atoms with van der Waals surface area (Å²) in [5.41, 5.74) is 2.50. The van der Waals surface area contributed by atoms with Gasteiger partial charge in [-0.15, -0.1) is 0 Å². The third kappa shape index (κ3) is 7.71. The van der Waals surface area contributed by atoms with Crippen LogP contribution in [0.2, 0.25) is 5.02 Å². The van der Waals surface area contributed by atoms with Gasteiger partial charge in [0.2, 0.25) is 0 Å². The topological polar surface area (TPSA) is 62.6 Å². The molecule has 1 aromatic rings. The molecule has 1 atom stereocenters. The molecular formula is C19H27ClN3O2+. The summed E-state index contributed by atoms with van der Waals surface area (Å²) >= 11 is 5.86. The van der Waals surface area contributed by atoms with E-state index < -0.39 is 6.03 Å². The summed E-state index contributed by atoms with van der Waals surface area (Å²) in [6.45, 7) is 1.50. The van der Waals surface area contributed by atoms with Gasteiger partial charge in [0.15, 0.2) is 6.54 Å². The van der Waals surface area contributed by atoms with Gasteiger partial charge >= 0.3 is 6.03 Å². The Bertz CT molecular complexity index is 614. The molecule has 136 valence electrons. The molecule has 3 N–H and O–H groups in total. The van der Waals surface area contributed by atoms with Crippen molar-refractivity contribution >= 4 is 23.5 Å². The molecule has 0 saturated carbocycles. The SMILES string of the molecule is C[NH+](CC(=O)NC(=O)NCCC1=CCCCC1)Cc1ccc(Cl)cc1. The molecule has 0 radical (unpaired) electrons.